The predicted octanol–water partition coefficient (Wildman–Crippen LogP) is 3.54. The molecule has 3 heterocycles. The van der Waals surface area contributed by atoms with Gasteiger partial charge in [-0.3, -0.25) is 24.6 Å². The Labute approximate surface area is 213 Å². The van der Waals surface area contributed by atoms with Crippen LogP contribution in [0.15, 0.2) is 78.9 Å². The molecule has 2 saturated heterocycles. The molecular weight excluding hydrogens is 474 g/mol. The lowest BCUT2D eigenvalue weighted by molar-refractivity contribution is -0.132. The molecule has 3 aromatic carbocycles. The van der Waals surface area contributed by atoms with E-state index in [0.29, 0.717) is 28.4 Å². The summed E-state index contributed by atoms with van der Waals surface area (Å²) in [6, 6.07) is 23.3. The third-order valence-corrected chi connectivity index (χ3v) is 7.72. The number of rotatable bonds is 4. The van der Waals surface area contributed by atoms with Crippen molar-refractivity contribution in [3.63, 3.8) is 0 Å². The fourth-order valence-corrected chi connectivity index (χ4v) is 6.29. The SMILES string of the molecule is C#CCN1C(=O)[C@]2(N[C@H](Cc3ccccc3)[C@@H]3C(=O)N(c4cccc(Cl)c4)C(=O)[C@H]32)c2ccccc21. The predicted molar refractivity (Wildman–Crippen MR) is 137 cm³/mol. The number of terminal acetylenes is 1. The van der Waals surface area contributed by atoms with Gasteiger partial charge in [-0.2, -0.15) is 0 Å². The van der Waals surface area contributed by atoms with Gasteiger partial charge in [0.1, 0.15) is 5.54 Å². The summed E-state index contributed by atoms with van der Waals surface area (Å²) in [6.07, 6.45) is 6.09. The van der Waals surface area contributed by atoms with Crippen LogP contribution < -0.4 is 15.1 Å². The van der Waals surface area contributed by atoms with E-state index in [0.717, 1.165) is 5.56 Å². The molecule has 36 heavy (non-hydrogen) atoms. The second kappa shape index (κ2) is 8.34. The van der Waals surface area contributed by atoms with Gasteiger partial charge in [-0.05, 0) is 36.2 Å². The molecule has 3 aromatic rings. The van der Waals surface area contributed by atoms with Crippen molar-refractivity contribution in [1.29, 1.82) is 0 Å². The first kappa shape index (κ1) is 22.5. The first-order chi connectivity index (χ1) is 17.5. The molecule has 6 nitrogen and oxygen atoms in total. The number of halogens is 1. The van der Waals surface area contributed by atoms with Crippen molar-refractivity contribution in [2.24, 2.45) is 11.8 Å². The summed E-state index contributed by atoms with van der Waals surface area (Å²) in [5, 5.41) is 3.92. The molecule has 3 aliphatic heterocycles. The van der Waals surface area contributed by atoms with Crippen LogP contribution in [0.25, 0.3) is 0 Å². The van der Waals surface area contributed by atoms with Gasteiger partial charge in [-0.1, -0.05) is 72.1 Å². The van der Waals surface area contributed by atoms with Crippen LogP contribution in [0.1, 0.15) is 11.1 Å². The number of benzene rings is 3. The molecule has 178 valence electrons. The molecule has 3 aliphatic rings. The number of imide groups is 1. The summed E-state index contributed by atoms with van der Waals surface area (Å²) in [5.74, 6) is -0.154. The highest BCUT2D eigenvalue weighted by atomic mass is 35.5. The van der Waals surface area contributed by atoms with Crippen LogP contribution in [0, 0.1) is 24.2 Å². The smallest absolute Gasteiger partial charge is 0.253 e. The highest BCUT2D eigenvalue weighted by Gasteiger charge is 2.71. The minimum atomic E-state index is -1.39. The molecule has 0 bridgehead atoms. The number of amides is 3. The van der Waals surface area contributed by atoms with E-state index in [1.807, 2.05) is 54.6 Å². The fourth-order valence-electron chi connectivity index (χ4n) is 6.11. The fraction of sp³-hybridized carbons (Fsp3) is 0.207. The van der Waals surface area contributed by atoms with E-state index in [9.17, 15) is 14.4 Å². The maximum atomic E-state index is 14.1. The van der Waals surface area contributed by atoms with Crippen LogP contribution >= 0.6 is 11.6 Å². The minimum Gasteiger partial charge on any atom is -0.298 e. The first-order valence-electron chi connectivity index (χ1n) is 11.8. The number of hydrogen-bond acceptors (Lipinski definition) is 4. The zero-order valence-corrected chi connectivity index (χ0v) is 20.0. The minimum absolute atomic E-state index is 0.0696. The van der Waals surface area contributed by atoms with Crippen LogP contribution in [0.2, 0.25) is 5.02 Å². The maximum Gasteiger partial charge on any atom is 0.253 e. The number of nitrogens with one attached hydrogen (secondary N) is 1. The second-order valence-electron chi connectivity index (χ2n) is 9.36. The number of nitrogens with zero attached hydrogens (tertiary/aromatic N) is 2. The molecular formula is C29H22ClN3O3. The normalized spacial score (nSPS) is 26.4. The van der Waals surface area contributed by atoms with Crippen LogP contribution in [0.5, 0.6) is 0 Å². The standard InChI is InChI=1S/C29H22ClN3O3/c1-2-15-32-23-14-7-6-13-21(23)29(28(32)36)25-24(22(31-29)16-18-9-4-3-5-10-18)26(34)33(27(25)35)20-12-8-11-19(30)17-20/h1,3-14,17,22,24-25,31H,15-16H2/t22-,24+,25+,29+/m1/s1. The number of para-hydroxylation sites is 1. The van der Waals surface area contributed by atoms with Gasteiger partial charge in [0.2, 0.25) is 11.8 Å². The van der Waals surface area contributed by atoms with E-state index in [1.165, 1.54) is 9.80 Å². The number of hydrogen-bond donors (Lipinski definition) is 1. The first-order valence-corrected chi connectivity index (χ1v) is 12.1. The number of carbonyl (C=O) groups excluding carboxylic acids is 3. The van der Waals surface area contributed by atoms with Gasteiger partial charge in [-0.25, -0.2) is 4.90 Å². The van der Waals surface area contributed by atoms with E-state index >= 15 is 0 Å². The zero-order chi connectivity index (χ0) is 25.0. The third kappa shape index (κ3) is 3.07. The lowest BCUT2D eigenvalue weighted by Crippen LogP contribution is -2.55. The van der Waals surface area contributed by atoms with Gasteiger partial charge in [0, 0.05) is 16.6 Å². The van der Waals surface area contributed by atoms with Gasteiger partial charge in [0.15, 0.2) is 0 Å². The lowest BCUT2D eigenvalue weighted by atomic mass is 9.76. The summed E-state index contributed by atoms with van der Waals surface area (Å²) >= 11 is 6.20. The largest absolute Gasteiger partial charge is 0.298 e. The van der Waals surface area contributed by atoms with Crippen molar-refractivity contribution in [1.82, 2.24) is 5.32 Å². The maximum absolute atomic E-state index is 14.1. The van der Waals surface area contributed by atoms with Crippen LogP contribution in [0.4, 0.5) is 11.4 Å². The Hall–Kier alpha value is -3.92. The molecule has 1 N–H and O–H groups in total. The molecule has 7 heteroatoms. The van der Waals surface area contributed by atoms with E-state index in [2.05, 4.69) is 11.2 Å². The van der Waals surface area contributed by atoms with Gasteiger partial charge >= 0.3 is 0 Å². The topological polar surface area (TPSA) is 69.7 Å². The van der Waals surface area contributed by atoms with Crippen LogP contribution in [-0.4, -0.2) is 30.3 Å². The summed E-state index contributed by atoms with van der Waals surface area (Å²) in [4.78, 5) is 44.9. The number of fused-ring (bicyclic) bond motifs is 4. The Morgan fingerprint density at radius 2 is 1.69 bits per heavy atom. The van der Waals surface area contributed by atoms with Crippen molar-refractivity contribution >= 4 is 40.7 Å². The molecule has 0 radical (unpaired) electrons. The van der Waals surface area contributed by atoms with Crippen LogP contribution in [-0.2, 0) is 26.3 Å². The summed E-state index contributed by atoms with van der Waals surface area (Å²) in [7, 11) is 0. The molecule has 0 aromatic heterocycles. The van der Waals surface area contributed by atoms with Gasteiger partial charge < -0.3 is 0 Å². The van der Waals surface area contributed by atoms with Crippen molar-refractivity contribution in [3.05, 3.63) is 95.0 Å². The van der Waals surface area contributed by atoms with E-state index < -0.39 is 29.3 Å². The molecule has 0 aliphatic carbocycles. The summed E-state index contributed by atoms with van der Waals surface area (Å²) in [5.41, 5.74) is 1.35. The van der Waals surface area contributed by atoms with Crippen molar-refractivity contribution in [3.8, 4) is 12.3 Å². The van der Waals surface area contributed by atoms with Gasteiger partial charge in [0.25, 0.3) is 5.91 Å². The quantitative estimate of drug-likeness (QED) is 0.444. The molecule has 6 rings (SSSR count). The Morgan fingerprint density at radius 3 is 2.44 bits per heavy atom. The monoisotopic (exact) mass is 495 g/mol. The van der Waals surface area contributed by atoms with Crippen molar-refractivity contribution in [2.45, 2.75) is 18.0 Å². The Kier molecular flexibility index (Phi) is 5.22. The van der Waals surface area contributed by atoms with E-state index in [4.69, 9.17) is 18.0 Å². The average Bonchev–Trinajstić information content (AvgIpc) is 3.44. The van der Waals surface area contributed by atoms with Crippen molar-refractivity contribution < 1.29 is 14.4 Å². The highest BCUT2D eigenvalue weighted by molar-refractivity contribution is 6.31. The second-order valence-corrected chi connectivity index (χ2v) is 9.79. The lowest BCUT2D eigenvalue weighted by Gasteiger charge is -2.30. The third-order valence-electron chi connectivity index (χ3n) is 7.48. The van der Waals surface area contributed by atoms with Gasteiger partial charge in [-0.15, -0.1) is 6.42 Å². The molecule has 2 fully saturated rings. The number of carbonyl (C=O) groups is 3. The summed E-state index contributed by atoms with van der Waals surface area (Å²) < 4.78 is 0. The highest BCUT2D eigenvalue weighted by Crippen LogP contribution is 2.55. The van der Waals surface area contributed by atoms with Gasteiger partial charge in [0.05, 0.1) is 29.8 Å². The summed E-state index contributed by atoms with van der Waals surface area (Å²) in [6.45, 7) is 0.0696. The molecule has 0 unspecified atom stereocenters. The Morgan fingerprint density at radius 1 is 0.944 bits per heavy atom. The Bertz CT molecular complexity index is 1450. The zero-order valence-electron chi connectivity index (χ0n) is 19.2. The molecule has 0 saturated carbocycles. The molecule has 3 amide bonds. The van der Waals surface area contributed by atoms with Crippen LogP contribution in [0.3, 0.4) is 0 Å². The number of anilines is 2. The molecule has 1 spiro atoms. The van der Waals surface area contributed by atoms with E-state index in [-0.39, 0.29) is 18.4 Å². The Balaban J connectivity index is 1.52. The molecule has 4 atom stereocenters. The average molecular weight is 496 g/mol. The van der Waals surface area contributed by atoms with Crippen molar-refractivity contribution in [2.75, 3.05) is 16.3 Å². The van der Waals surface area contributed by atoms with E-state index in [1.54, 1.807) is 24.3 Å².